The fourth-order valence-corrected chi connectivity index (χ4v) is 1.63. The van der Waals surface area contributed by atoms with E-state index in [1.807, 2.05) is 0 Å². The molecule has 1 aromatic heterocycles. The van der Waals surface area contributed by atoms with E-state index in [9.17, 15) is 9.18 Å². The van der Waals surface area contributed by atoms with Crippen LogP contribution in [0.2, 0.25) is 0 Å². The number of aliphatic hydroxyl groups is 1. The van der Waals surface area contributed by atoms with E-state index >= 15 is 0 Å². The molecule has 0 fully saturated rings. The number of halogens is 1. The van der Waals surface area contributed by atoms with E-state index in [4.69, 9.17) is 5.11 Å². The third-order valence-corrected chi connectivity index (χ3v) is 2.59. The molecule has 0 atom stereocenters. The van der Waals surface area contributed by atoms with Crippen LogP contribution >= 0.6 is 0 Å². The van der Waals surface area contributed by atoms with Crippen molar-refractivity contribution in [1.29, 1.82) is 0 Å². The molecule has 0 aliphatic rings. The second-order valence-corrected chi connectivity index (χ2v) is 4.14. The van der Waals surface area contributed by atoms with Gasteiger partial charge < -0.3 is 10.4 Å². The van der Waals surface area contributed by atoms with Crippen LogP contribution in [-0.2, 0) is 0 Å². The molecule has 2 rings (SSSR count). The van der Waals surface area contributed by atoms with E-state index in [0.29, 0.717) is 17.8 Å². The summed E-state index contributed by atoms with van der Waals surface area (Å²) < 4.78 is 13.5. The Balaban J connectivity index is 2.14. The van der Waals surface area contributed by atoms with Crippen LogP contribution < -0.4 is 5.32 Å². The minimum atomic E-state index is -0.589. The van der Waals surface area contributed by atoms with Crippen molar-refractivity contribution in [1.82, 2.24) is 4.98 Å². The second kappa shape index (κ2) is 7.17. The predicted molar refractivity (Wildman–Crippen MR) is 77.2 cm³/mol. The van der Waals surface area contributed by atoms with Crippen LogP contribution in [0.1, 0.15) is 22.3 Å². The Morgan fingerprint density at radius 2 is 2.14 bits per heavy atom. The van der Waals surface area contributed by atoms with Crippen LogP contribution in [0.25, 0.3) is 0 Å². The molecule has 0 unspecified atom stereocenters. The first-order chi connectivity index (χ1) is 10.2. The van der Waals surface area contributed by atoms with E-state index in [0.717, 1.165) is 0 Å². The first-order valence-electron chi connectivity index (χ1n) is 6.32. The molecule has 0 saturated heterocycles. The number of amides is 1. The summed E-state index contributed by atoms with van der Waals surface area (Å²) in [5.41, 5.74) is 0.610. The molecule has 106 valence electrons. The highest BCUT2D eigenvalue weighted by Crippen LogP contribution is 2.11. The number of hydrogen-bond acceptors (Lipinski definition) is 3. The quantitative estimate of drug-likeness (QED) is 0.849. The van der Waals surface area contributed by atoms with Crippen molar-refractivity contribution < 1.29 is 14.3 Å². The molecule has 1 amide bonds. The molecule has 2 N–H and O–H groups in total. The van der Waals surface area contributed by atoms with Gasteiger partial charge in [0.1, 0.15) is 11.6 Å². The van der Waals surface area contributed by atoms with Gasteiger partial charge in [0.2, 0.25) is 0 Å². The van der Waals surface area contributed by atoms with Crippen LogP contribution in [0.4, 0.5) is 10.2 Å². The molecule has 0 saturated carbocycles. The fraction of sp³-hybridized carbons (Fsp3) is 0.125. The van der Waals surface area contributed by atoms with Gasteiger partial charge in [-0.15, -0.1) is 0 Å². The van der Waals surface area contributed by atoms with Crippen LogP contribution in [-0.4, -0.2) is 22.6 Å². The Bertz CT molecular complexity index is 705. The summed E-state index contributed by atoms with van der Waals surface area (Å²) in [4.78, 5) is 15.9. The molecule has 0 radical (unpaired) electrons. The maximum atomic E-state index is 13.5. The number of aromatic nitrogens is 1. The Kier molecular flexibility index (Phi) is 5.02. The molecule has 0 aliphatic carbocycles. The monoisotopic (exact) mass is 284 g/mol. The molecule has 4 nitrogen and oxygen atoms in total. The minimum absolute atomic E-state index is 0.00500. The van der Waals surface area contributed by atoms with Crippen molar-refractivity contribution in [2.24, 2.45) is 0 Å². The molecular weight excluding hydrogens is 271 g/mol. The summed E-state index contributed by atoms with van der Waals surface area (Å²) in [6.45, 7) is -0.00500. The third kappa shape index (κ3) is 4.13. The van der Waals surface area contributed by atoms with Gasteiger partial charge in [-0.1, -0.05) is 24.0 Å². The van der Waals surface area contributed by atoms with E-state index in [-0.39, 0.29) is 12.2 Å². The van der Waals surface area contributed by atoms with E-state index in [1.54, 1.807) is 18.2 Å². The van der Waals surface area contributed by atoms with Crippen molar-refractivity contribution in [3.8, 4) is 11.8 Å². The maximum Gasteiger partial charge on any atom is 0.259 e. The van der Waals surface area contributed by atoms with Crippen molar-refractivity contribution in [3.63, 3.8) is 0 Å². The molecule has 1 heterocycles. The summed E-state index contributed by atoms with van der Waals surface area (Å²) in [6.07, 6.45) is 1.87. The number of nitrogens with zero attached hydrogens (tertiary/aromatic N) is 1. The lowest BCUT2D eigenvalue weighted by molar-refractivity contribution is 0.102. The van der Waals surface area contributed by atoms with Gasteiger partial charge in [-0.3, -0.25) is 4.79 Å². The Morgan fingerprint density at radius 1 is 1.33 bits per heavy atom. The summed E-state index contributed by atoms with van der Waals surface area (Å²) in [5.74, 6) is 4.74. The second-order valence-electron chi connectivity index (χ2n) is 4.14. The van der Waals surface area contributed by atoms with Crippen molar-refractivity contribution in [3.05, 3.63) is 59.5 Å². The zero-order valence-electron chi connectivity index (χ0n) is 11.1. The summed E-state index contributed by atoms with van der Waals surface area (Å²) in [6, 6.07) is 8.99. The Hall–Kier alpha value is -2.71. The predicted octanol–water partition coefficient (Wildman–Crippen LogP) is 2.21. The number of benzene rings is 1. The molecule has 1 aromatic carbocycles. The average Bonchev–Trinajstić information content (AvgIpc) is 2.48. The van der Waals surface area contributed by atoms with Gasteiger partial charge >= 0.3 is 0 Å². The standard InChI is InChI=1S/C16H13FN2O2/c17-14-7-2-1-6-13(14)16(21)19-15-11-12(8-9-18-15)5-3-4-10-20/h1-2,6-9,11,20H,4,10H2,(H,18,19,21). The molecule has 5 heteroatoms. The van der Waals surface area contributed by atoms with E-state index in [1.165, 1.54) is 24.4 Å². The molecule has 0 spiro atoms. The first-order valence-corrected chi connectivity index (χ1v) is 6.32. The number of anilines is 1. The molecule has 21 heavy (non-hydrogen) atoms. The number of pyridine rings is 1. The van der Waals surface area contributed by atoms with Crippen molar-refractivity contribution in [2.45, 2.75) is 6.42 Å². The number of carbonyl (C=O) groups excluding carboxylic acids is 1. The number of nitrogens with one attached hydrogen (secondary N) is 1. The van der Waals surface area contributed by atoms with Crippen LogP contribution in [0.15, 0.2) is 42.6 Å². The van der Waals surface area contributed by atoms with Gasteiger partial charge in [0.05, 0.1) is 12.2 Å². The molecular formula is C16H13FN2O2. The lowest BCUT2D eigenvalue weighted by Crippen LogP contribution is -2.14. The smallest absolute Gasteiger partial charge is 0.259 e. The summed E-state index contributed by atoms with van der Waals surface area (Å²) in [5, 5.41) is 11.2. The number of aliphatic hydroxyl groups excluding tert-OH is 1. The Labute approximate surface area is 121 Å². The topological polar surface area (TPSA) is 62.2 Å². The van der Waals surface area contributed by atoms with Gasteiger partial charge in [0, 0.05) is 18.2 Å². The molecule has 2 aromatic rings. The first kappa shape index (κ1) is 14.7. The maximum absolute atomic E-state index is 13.5. The van der Waals surface area contributed by atoms with Gasteiger partial charge in [-0.25, -0.2) is 9.37 Å². The third-order valence-electron chi connectivity index (χ3n) is 2.59. The summed E-state index contributed by atoms with van der Waals surface area (Å²) >= 11 is 0. The van der Waals surface area contributed by atoms with Gasteiger partial charge in [0.15, 0.2) is 0 Å². The van der Waals surface area contributed by atoms with Crippen molar-refractivity contribution >= 4 is 11.7 Å². The number of rotatable bonds is 3. The highest BCUT2D eigenvalue weighted by atomic mass is 19.1. The van der Waals surface area contributed by atoms with Gasteiger partial charge in [-0.05, 0) is 24.3 Å². The molecule has 0 aliphatic heterocycles. The SMILES string of the molecule is O=C(Nc1cc(C#CCCO)ccn1)c1ccccc1F. The number of carbonyl (C=O) groups is 1. The summed E-state index contributed by atoms with van der Waals surface area (Å²) in [7, 11) is 0. The zero-order chi connectivity index (χ0) is 15.1. The number of hydrogen-bond donors (Lipinski definition) is 2. The normalized spacial score (nSPS) is 9.62. The van der Waals surface area contributed by atoms with Crippen LogP contribution in [0, 0.1) is 17.7 Å². The highest BCUT2D eigenvalue weighted by molar-refractivity contribution is 6.03. The zero-order valence-corrected chi connectivity index (χ0v) is 11.1. The average molecular weight is 284 g/mol. The van der Waals surface area contributed by atoms with Gasteiger partial charge in [0.25, 0.3) is 5.91 Å². The van der Waals surface area contributed by atoms with E-state index in [2.05, 4.69) is 22.1 Å². The largest absolute Gasteiger partial charge is 0.395 e. The fourth-order valence-electron chi connectivity index (χ4n) is 1.63. The lowest BCUT2D eigenvalue weighted by atomic mass is 10.2. The van der Waals surface area contributed by atoms with E-state index < -0.39 is 11.7 Å². The van der Waals surface area contributed by atoms with Gasteiger partial charge in [-0.2, -0.15) is 0 Å². The van der Waals surface area contributed by atoms with Crippen LogP contribution in [0.5, 0.6) is 0 Å². The lowest BCUT2D eigenvalue weighted by Gasteiger charge is -2.05. The van der Waals surface area contributed by atoms with Crippen molar-refractivity contribution in [2.75, 3.05) is 11.9 Å². The van der Waals surface area contributed by atoms with Crippen LogP contribution in [0.3, 0.4) is 0 Å². The minimum Gasteiger partial charge on any atom is -0.395 e. The molecule has 0 bridgehead atoms. The highest BCUT2D eigenvalue weighted by Gasteiger charge is 2.11. The Morgan fingerprint density at radius 3 is 2.90 bits per heavy atom.